The first-order valence-electron chi connectivity index (χ1n) is 8.06. The van der Waals surface area contributed by atoms with Gasteiger partial charge in [-0.3, -0.25) is 0 Å². The Morgan fingerprint density at radius 1 is 1.27 bits per heavy atom. The van der Waals surface area contributed by atoms with E-state index in [2.05, 4.69) is 15.9 Å². The first kappa shape index (κ1) is 18.9. The van der Waals surface area contributed by atoms with Crippen LogP contribution in [-0.2, 0) is 27.8 Å². The highest BCUT2D eigenvalue weighted by atomic mass is 79.9. The minimum Gasteiger partial charge on any atom is -0.548 e. The zero-order valence-electron chi connectivity index (χ0n) is 14.0. The van der Waals surface area contributed by atoms with Crippen LogP contribution in [0.4, 0.5) is 0 Å². The summed E-state index contributed by atoms with van der Waals surface area (Å²) in [5.74, 6) is -1.23. The third-order valence-corrected chi connectivity index (χ3v) is 6.64. The molecule has 2 aromatic rings. The van der Waals surface area contributed by atoms with Crippen molar-refractivity contribution in [3.8, 4) is 5.75 Å². The van der Waals surface area contributed by atoms with Crippen LogP contribution in [0.25, 0.3) is 0 Å². The summed E-state index contributed by atoms with van der Waals surface area (Å²) >= 11 is 3.27. The Balaban J connectivity index is 2.11. The molecule has 0 spiro atoms. The number of nitrogens with zero attached hydrogens (tertiary/aromatic N) is 1. The van der Waals surface area contributed by atoms with Crippen molar-refractivity contribution < 1.29 is 23.1 Å². The largest absolute Gasteiger partial charge is 0.548 e. The molecular weight excluding hydrogens is 422 g/mol. The fourth-order valence-electron chi connectivity index (χ4n) is 3.04. The number of ether oxygens (including phenoxy) is 1. The van der Waals surface area contributed by atoms with Crippen LogP contribution in [-0.4, -0.2) is 31.3 Å². The zero-order valence-corrected chi connectivity index (χ0v) is 16.4. The average Bonchev–Trinajstić information content (AvgIpc) is 2.62. The number of fused-ring (bicyclic) bond motifs is 1. The van der Waals surface area contributed by atoms with Crippen molar-refractivity contribution >= 4 is 31.9 Å². The Morgan fingerprint density at radius 2 is 1.96 bits per heavy atom. The Morgan fingerprint density at radius 3 is 2.62 bits per heavy atom. The number of rotatable bonds is 5. The second-order valence-corrected chi connectivity index (χ2v) is 8.66. The molecule has 0 aromatic heterocycles. The monoisotopic (exact) mass is 438 g/mol. The van der Waals surface area contributed by atoms with Gasteiger partial charge in [0.05, 0.1) is 18.6 Å². The van der Waals surface area contributed by atoms with E-state index in [0.29, 0.717) is 4.47 Å². The summed E-state index contributed by atoms with van der Waals surface area (Å²) < 4.78 is 33.6. The molecule has 0 amide bonds. The number of carboxylic acids is 1. The summed E-state index contributed by atoms with van der Waals surface area (Å²) in [6.07, 6.45) is 0.0652. The maximum absolute atomic E-state index is 13.3. The number of halogens is 1. The van der Waals surface area contributed by atoms with E-state index in [-0.39, 0.29) is 30.2 Å². The normalized spacial score (nSPS) is 17.5. The predicted molar refractivity (Wildman–Crippen MR) is 97.0 cm³/mol. The molecule has 0 aliphatic carbocycles. The summed E-state index contributed by atoms with van der Waals surface area (Å²) in [6, 6.07) is 10.6. The number of sulfonamides is 1. The van der Waals surface area contributed by atoms with Crippen molar-refractivity contribution in [1.82, 2.24) is 4.31 Å². The minimum absolute atomic E-state index is 0.0325. The van der Waals surface area contributed by atoms with Gasteiger partial charge in [0.15, 0.2) is 0 Å². The number of hydrogen-bond acceptors (Lipinski definition) is 5. The highest BCUT2D eigenvalue weighted by molar-refractivity contribution is 9.10. The Hall–Kier alpha value is -1.90. The van der Waals surface area contributed by atoms with Gasteiger partial charge in [-0.2, -0.15) is 4.31 Å². The van der Waals surface area contributed by atoms with E-state index in [1.165, 1.54) is 6.07 Å². The maximum atomic E-state index is 13.3. The first-order valence-corrected chi connectivity index (χ1v) is 10.3. The summed E-state index contributed by atoms with van der Waals surface area (Å²) in [7, 11) is -4.12. The van der Waals surface area contributed by atoms with Crippen LogP contribution in [0.3, 0.4) is 0 Å². The summed E-state index contributed by atoms with van der Waals surface area (Å²) in [5.41, 5.74) is 1.59. The van der Waals surface area contributed by atoms with Gasteiger partial charge in [-0.25, -0.2) is 8.42 Å². The van der Waals surface area contributed by atoms with Crippen molar-refractivity contribution in [2.75, 3.05) is 6.61 Å². The molecule has 26 heavy (non-hydrogen) atoms. The number of carbonyl (C=O) groups excluding carboxylic acids is 1. The lowest BCUT2D eigenvalue weighted by atomic mass is 9.96. The Bertz CT molecular complexity index is 944. The molecule has 0 saturated heterocycles. The smallest absolute Gasteiger partial charge is 0.247 e. The van der Waals surface area contributed by atoms with Crippen molar-refractivity contribution in [2.45, 2.75) is 30.8 Å². The summed E-state index contributed by atoms with van der Waals surface area (Å²) in [6.45, 7) is 2.01. The third kappa shape index (κ3) is 3.49. The van der Waals surface area contributed by atoms with Crippen LogP contribution in [0.2, 0.25) is 0 Å². The minimum atomic E-state index is -4.12. The fourth-order valence-corrected chi connectivity index (χ4v) is 5.26. The van der Waals surface area contributed by atoms with Crippen molar-refractivity contribution in [1.29, 1.82) is 0 Å². The molecule has 1 aliphatic rings. The molecule has 2 aromatic carbocycles. The van der Waals surface area contributed by atoms with Crippen molar-refractivity contribution in [3.63, 3.8) is 0 Å². The van der Waals surface area contributed by atoms with Crippen molar-refractivity contribution in [2.24, 2.45) is 0 Å². The van der Waals surface area contributed by atoms with Gasteiger partial charge in [0, 0.05) is 11.0 Å². The Kier molecular flexibility index (Phi) is 5.36. The molecule has 3 rings (SSSR count). The van der Waals surface area contributed by atoms with Crippen LogP contribution in [0.15, 0.2) is 51.8 Å². The molecule has 0 N–H and O–H groups in total. The van der Waals surface area contributed by atoms with E-state index in [9.17, 15) is 18.3 Å². The molecule has 138 valence electrons. The van der Waals surface area contributed by atoms with Gasteiger partial charge in [0.1, 0.15) is 10.6 Å². The van der Waals surface area contributed by atoms with Gasteiger partial charge < -0.3 is 14.6 Å². The van der Waals surface area contributed by atoms with E-state index in [1.54, 1.807) is 43.3 Å². The molecule has 1 heterocycles. The predicted octanol–water partition coefficient (Wildman–Crippen LogP) is 1.71. The topological polar surface area (TPSA) is 86.7 Å². The second-order valence-electron chi connectivity index (χ2n) is 5.88. The molecule has 1 aliphatic heterocycles. The van der Waals surface area contributed by atoms with E-state index < -0.39 is 22.0 Å². The Labute approximate surface area is 160 Å². The lowest BCUT2D eigenvalue weighted by Crippen LogP contribution is -2.53. The zero-order chi connectivity index (χ0) is 18.9. The lowest BCUT2D eigenvalue weighted by molar-refractivity contribution is -0.310. The molecule has 8 heteroatoms. The van der Waals surface area contributed by atoms with Gasteiger partial charge in [0.2, 0.25) is 10.0 Å². The fraction of sp³-hybridized carbons (Fsp3) is 0.278. The molecular formula is C18H17BrNO5S-. The molecule has 0 radical (unpaired) electrons. The lowest BCUT2D eigenvalue weighted by Gasteiger charge is -2.36. The van der Waals surface area contributed by atoms with Gasteiger partial charge >= 0.3 is 0 Å². The van der Waals surface area contributed by atoms with Gasteiger partial charge in [-0.15, -0.1) is 0 Å². The third-order valence-electron chi connectivity index (χ3n) is 4.27. The molecule has 1 atom stereocenters. The highest BCUT2D eigenvalue weighted by Gasteiger charge is 2.38. The second kappa shape index (κ2) is 7.38. The van der Waals surface area contributed by atoms with Crippen LogP contribution in [0, 0.1) is 0 Å². The number of carboxylic acid groups (broad SMARTS) is 1. The summed E-state index contributed by atoms with van der Waals surface area (Å²) in [4.78, 5) is 11.6. The van der Waals surface area contributed by atoms with E-state index in [4.69, 9.17) is 4.74 Å². The van der Waals surface area contributed by atoms with E-state index in [0.717, 1.165) is 15.4 Å². The van der Waals surface area contributed by atoms with Gasteiger partial charge in [-0.05, 0) is 42.7 Å². The van der Waals surface area contributed by atoms with E-state index in [1.807, 2.05) is 0 Å². The number of hydrogen-bond donors (Lipinski definition) is 0. The molecule has 0 bridgehead atoms. The molecule has 0 unspecified atom stereocenters. The maximum Gasteiger partial charge on any atom is 0.247 e. The highest BCUT2D eigenvalue weighted by Crippen LogP contribution is 2.34. The van der Waals surface area contributed by atoms with Crippen LogP contribution in [0.1, 0.15) is 18.1 Å². The van der Waals surface area contributed by atoms with Crippen LogP contribution >= 0.6 is 15.9 Å². The number of aliphatic carboxylic acids is 1. The molecule has 6 nitrogen and oxygen atoms in total. The van der Waals surface area contributed by atoms with Gasteiger partial charge in [-0.1, -0.05) is 40.2 Å². The SMILES string of the molecule is CCOc1ccc(Br)cc1S(=O)(=O)N1Cc2ccccc2C[C@@H]1C(=O)[O-]. The number of carbonyl (C=O) groups is 1. The van der Waals surface area contributed by atoms with Gasteiger partial charge in [0.25, 0.3) is 0 Å². The van der Waals surface area contributed by atoms with Crippen molar-refractivity contribution in [3.05, 3.63) is 58.1 Å². The molecule has 0 fully saturated rings. The average molecular weight is 439 g/mol. The van der Waals surface area contributed by atoms with E-state index >= 15 is 0 Å². The van der Waals surface area contributed by atoms with Crippen LogP contribution in [0.5, 0.6) is 5.75 Å². The molecule has 0 saturated carbocycles. The quantitative estimate of drug-likeness (QED) is 0.708. The first-order chi connectivity index (χ1) is 12.3. The summed E-state index contributed by atoms with van der Waals surface area (Å²) in [5, 5.41) is 11.7. The number of benzene rings is 2. The van der Waals surface area contributed by atoms with Crippen LogP contribution < -0.4 is 9.84 Å². The standard InChI is InChI=1S/C18H18BrNO5S/c1-2-25-16-8-7-14(19)10-17(16)26(23,24)20-11-13-6-4-3-5-12(13)9-15(20)18(21)22/h3-8,10,15H,2,9,11H2,1H3,(H,21,22)/p-1/t15-/m1/s1.